The van der Waals surface area contributed by atoms with Crippen LogP contribution in [0.15, 0.2) is 41.3 Å². The summed E-state index contributed by atoms with van der Waals surface area (Å²) in [4.78, 5) is 28.0. The van der Waals surface area contributed by atoms with E-state index in [1.54, 1.807) is 18.6 Å². The minimum absolute atomic E-state index is 0.0311. The summed E-state index contributed by atoms with van der Waals surface area (Å²) in [6, 6.07) is 5.64. The summed E-state index contributed by atoms with van der Waals surface area (Å²) in [6.45, 7) is 4.47. The number of aromatic nitrogens is 4. The Morgan fingerprint density at radius 2 is 2.19 bits per heavy atom. The SMILES string of the molecule is Cc1noc(C)c1-c1nccc(C2CCCN2C(=O)Cc2cccnc2)n1. The number of hydrogen-bond acceptors (Lipinski definition) is 6. The van der Waals surface area contributed by atoms with E-state index >= 15 is 0 Å². The molecule has 138 valence electrons. The topological polar surface area (TPSA) is 85.0 Å². The third-order valence-corrected chi connectivity index (χ3v) is 4.93. The second kappa shape index (κ2) is 7.26. The lowest BCUT2D eigenvalue weighted by atomic mass is 10.1. The van der Waals surface area contributed by atoms with Crippen LogP contribution in [0.25, 0.3) is 11.4 Å². The normalized spacial score (nSPS) is 16.7. The fourth-order valence-electron chi connectivity index (χ4n) is 3.63. The largest absolute Gasteiger partial charge is 0.361 e. The van der Waals surface area contributed by atoms with Gasteiger partial charge in [-0.05, 0) is 44.4 Å². The lowest BCUT2D eigenvalue weighted by molar-refractivity contribution is -0.131. The van der Waals surface area contributed by atoms with E-state index in [4.69, 9.17) is 9.51 Å². The van der Waals surface area contributed by atoms with E-state index < -0.39 is 0 Å². The monoisotopic (exact) mass is 363 g/mol. The van der Waals surface area contributed by atoms with Crippen LogP contribution in [-0.4, -0.2) is 37.5 Å². The van der Waals surface area contributed by atoms with Gasteiger partial charge in [0.15, 0.2) is 5.82 Å². The third kappa shape index (κ3) is 3.45. The molecule has 7 heteroatoms. The molecule has 4 rings (SSSR count). The van der Waals surface area contributed by atoms with Crippen molar-refractivity contribution in [2.75, 3.05) is 6.54 Å². The summed E-state index contributed by atoms with van der Waals surface area (Å²) in [5.74, 6) is 1.39. The molecule has 1 saturated heterocycles. The molecule has 0 N–H and O–H groups in total. The van der Waals surface area contributed by atoms with Crippen LogP contribution >= 0.6 is 0 Å². The van der Waals surface area contributed by atoms with Gasteiger partial charge >= 0.3 is 0 Å². The first-order valence-electron chi connectivity index (χ1n) is 9.08. The van der Waals surface area contributed by atoms with Gasteiger partial charge in [0, 0.05) is 25.1 Å². The van der Waals surface area contributed by atoms with Gasteiger partial charge in [-0.25, -0.2) is 9.97 Å². The Kier molecular flexibility index (Phi) is 4.66. The summed E-state index contributed by atoms with van der Waals surface area (Å²) < 4.78 is 5.24. The lowest BCUT2D eigenvalue weighted by Gasteiger charge is -2.24. The van der Waals surface area contributed by atoms with Crippen LogP contribution in [-0.2, 0) is 11.2 Å². The molecule has 0 aromatic carbocycles. The first-order valence-corrected chi connectivity index (χ1v) is 9.08. The summed E-state index contributed by atoms with van der Waals surface area (Å²) in [5, 5.41) is 3.98. The molecule has 0 bridgehead atoms. The Bertz CT molecular complexity index is 935. The average Bonchev–Trinajstić information content (AvgIpc) is 3.29. The molecule has 0 spiro atoms. The number of pyridine rings is 1. The molecular weight excluding hydrogens is 342 g/mol. The quantitative estimate of drug-likeness (QED) is 0.708. The molecule has 1 unspecified atom stereocenters. The molecule has 1 amide bonds. The second-order valence-corrected chi connectivity index (χ2v) is 6.79. The maximum atomic E-state index is 12.9. The van der Waals surface area contributed by atoms with Crippen molar-refractivity contribution in [1.29, 1.82) is 0 Å². The molecule has 0 saturated carbocycles. The van der Waals surface area contributed by atoms with Crippen LogP contribution in [0.5, 0.6) is 0 Å². The average molecular weight is 363 g/mol. The molecule has 1 aliphatic heterocycles. The van der Waals surface area contributed by atoms with Crippen molar-refractivity contribution in [2.24, 2.45) is 0 Å². The van der Waals surface area contributed by atoms with Crippen molar-refractivity contribution >= 4 is 5.91 Å². The highest BCUT2D eigenvalue weighted by molar-refractivity contribution is 5.79. The zero-order chi connectivity index (χ0) is 18.8. The number of carbonyl (C=O) groups excluding carboxylic acids is 1. The summed E-state index contributed by atoms with van der Waals surface area (Å²) in [5.41, 5.74) is 3.37. The Morgan fingerprint density at radius 1 is 1.30 bits per heavy atom. The van der Waals surface area contributed by atoms with Crippen molar-refractivity contribution < 1.29 is 9.32 Å². The molecule has 7 nitrogen and oxygen atoms in total. The Morgan fingerprint density at radius 3 is 2.93 bits per heavy atom. The van der Waals surface area contributed by atoms with Crippen LogP contribution < -0.4 is 0 Å². The van der Waals surface area contributed by atoms with Gasteiger partial charge in [-0.3, -0.25) is 9.78 Å². The van der Waals surface area contributed by atoms with Crippen LogP contribution in [0.4, 0.5) is 0 Å². The predicted octanol–water partition coefficient (Wildman–Crippen LogP) is 3.05. The molecule has 0 aliphatic carbocycles. The summed E-state index contributed by atoms with van der Waals surface area (Å²) >= 11 is 0. The molecule has 3 aromatic rings. The first-order chi connectivity index (χ1) is 13.1. The number of likely N-dealkylation sites (tertiary alicyclic amines) is 1. The van der Waals surface area contributed by atoms with E-state index in [1.165, 1.54) is 0 Å². The Balaban J connectivity index is 1.59. The van der Waals surface area contributed by atoms with E-state index in [1.807, 2.05) is 36.9 Å². The van der Waals surface area contributed by atoms with Crippen molar-refractivity contribution in [2.45, 2.75) is 39.2 Å². The molecule has 1 fully saturated rings. The second-order valence-electron chi connectivity index (χ2n) is 6.79. The van der Waals surface area contributed by atoms with Crippen molar-refractivity contribution in [3.63, 3.8) is 0 Å². The van der Waals surface area contributed by atoms with Gasteiger partial charge in [0.2, 0.25) is 5.91 Å². The number of nitrogens with zero attached hydrogens (tertiary/aromatic N) is 5. The minimum atomic E-state index is -0.0311. The van der Waals surface area contributed by atoms with Gasteiger partial charge in [0.25, 0.3) is 0 Å². The summed E-state index contributed by atoms with van der Waals surface area (Å²) in [7, 11) is 0. The highest BCUT2D eigenvalue weighted by atomic mass is 16.5. The number of hydrogen-bond donors (Lipinski definition) is 0. The van der Waals surface area contributed by atoms with Crippen molar-refractivity contribution in [3.05, 3.63) is 59.5 Å². The third-order valence-electron chi connectivity index (χ3n) is 4.93. The number of carbonyl (C=O) groups is 1. The molecule has 27 heavy (non-hydrogen) atoms. The molecule has 4 heterocycles. The van der Waals surface area contributed by atoms with Crippen LogP contribution in [0.1, 0.15) is 41.6 Å². The van der Waals surface area contributed by atoms with E-state index in [9.17, 15) is 4.79 Å². The Hall–Kier alpha value is -3.09. The van der Waals surface area contributed by atoms with E-state index in [0.29, 0.717) is 18.0 Å². The zero-order valence-corrected chi connectivity index (χ0v) is 15.4. The van der Waals surface area contributed by atoms with Gasteiger partial charge in [0.1, 0.15) is 5.76 Å². The van der Waals surface area contributed by atoms with Gasteiger partial charge in [-0.15, -0.1) is 0 Å². The van der Waals surface area contributed by atoms with Gasteiger partial charge in [-0.1, -0.05) is 11.2 Å². The van der Waals surface area contributed by atoms with Crippen LogP contribution in [0, 0.1) is 13.8 Å². The Labute approximate surface area is 157 Å². The maximum Gasteiger partial charge on any atom is 0.227 e. The fourth-order valence-corrected chi connectivity index (χ4v) is 3.63. The number of rotatable bonds is 4. The minimum Gasteiger partial charge on any atom is -0.361 e. The van der Waals surface area contributed by atoms with Gasteiger partial charge in [-0.2, -0.15) is 0 Å². The predicted molar refractivity (Wildman–Crippen MR) is 98.6 cm³/mol. The zero-order valence-electron chi connectivity index (χ0n) is 15.4. The standard InChI is InChI=1S/C20H21N5O2/c1-13-19(14(2)27-24-13)20-22-9-7-16(23-20)17-6-4-10-25(17)18(26)11-15-5-3-8-21-12-15/h3,5,7-9,12,17H,4,6,10-11H2,1-2H3. The smallest absolute Gasteiger partial charge is 0.227 e. The van der Waals surface area contributed by atoms with Gasteiger partial charge in [0.05, 0.1) is 29.4 Å². The fraction of sp³-hybridized carbons (Fsp3) is 0.350. The first kappa shape index (κ1) is 17.3. The number of aryl methyl sites for hydroxylation is 2. The van der Waals surface area contributed by atoms with Gasteiger partial charge < -0.3 is 9.42 Å². The van der Waals surface area contributed by atoms with E-state index in [-0.39, 0.29) is 11.9 Å². The van der Waals surface area contributed by atoms with Crippen molar-refractivity contribution in [1.82, 2.24) is 25.0 Å². The maximum absolute atomic E-state index is 12.9. The van der Waals surface area contributed by atoms with E-state index in [2.05, 4.69) is 15.1 Å². The van der Waals surface area contributed by atoms with Crippen molar-refractivity contribution in [3.8, 4) is 11.4 Å². The van der Waals surface area contributed by atoms with Crippen LogP contribution in [0.3, 0.4) is 0 Å². The highest BCUT2D eigenvalue weighted by Crippen LogP contribution is 2.32. The van der Waals surface area contributed by atoms with E-state index in [0.717, 1.165) is 41.9 Å². The number of amides is 1. The highest BCUT2D eigenvalue weighted by Gasteiger charge is 2.31. The van der Waals surface area contributed by atoms with Crippen LogP contribution in [0.2, 0.25) is 0 Å². The molecule has 1 atom stereocenters. The molecule has 0 radical (unpaired) electrons. The summed E-state index contributed by atoms with van der Waals surface area (Å²) in [6.07, 6.45) is 7.41. The molecule has 3 aromatic heterocycles. The lowest BCUT2D eigenvalue weighted by Crippen LogP contribution is -2.32. The molecule has 1 aliphatic rings. The molecular formula is C20H21N5O2.